The fourth-order valence-electron chi connectivity index (χ4n) is 5.17. The van der Waals surface area contributed by atoms with E-state index in [2.05, 4.69) is 72.5 Å². The number of rotatable bonds is 10. The van der Waals surface area contributed by atoms with E-state index < -0.39 is 11.7 Å². The Morgan fingerprint density at radius 1 is 1.09 bits per heavy atom. The summed E-state index contributed by atoms with van der Waals surface area (Å²) in [4.78, 5) is 27.0. The van der Waals surface area contributed by atoms with Crippen LogP contribution in [-0.4, -0.2) is 56.5 Å². The van der Waals surface area contributed by atoms with Crippen molar-refractivity contribution >= 4 is 29.6 Å². The minimum absolute atomic E-state index is 0.541. The highest BCUT2D eigenvalue weighted by Gasteiger charge is 2.54. The van der Waals surface area contributed by atoms with Gasteiger partial charge in [0.25, 0.3) is 0 Å². The zero-order chi connectivity index (χ0) is 24.3. The second kappa shape index (κ2) is 10.1. The summed E-state index contributed by atoms with van der Waals surface area (Å²) in [6.07, 6.45) is 3.17. The van der Waals surface area contributed by atoms with Crippen molar-refractivity contribution in [2.45, 2.75) is 59.2 Å². The third kappa shape index (κ3) is 4.06. The summed E-state index contributed by atoms with van der Waals surface area (Å²) in [5.74, 6) is 2.13. The van der Waals surface area contributed by atoms with E-state index in [0.717, 1.165) is 66.2 Å². The average Bonchev–Trinajstić information content (AvgIpc) is 3.08. The van der Waals surface area contributed by atoms with Crippen molar-refractivity contribution in [3.8, 4) is 0 Å². The molecule has 1 aromatic carbocycles. The molecule has 3 rings (SSSR count). The van der Waals surface area contributed by atoms with Crippen LogP contribution in [0.3, 0.4) is 0 Å². The molecule has 0 radical (unpaired) electrons. The number of benzene rings is 1. The molecule has 0 aliphatic carbocycles. The monoisotopic (exact) mass is 453 g/mol. The van der Waals surface area contributed by atoms with Gasteiger partial charge in [-0.05, 0) is 59.3 Å². The predicted molar refractivity (Wildman–Crippen MR) is 137 cm³/mol. The van der Waals surface area contributed by atoms with Gasteiger partial charge in [0.1, 0.15) is 29.6 Å². The van der Waals surface area contributed by atoms with Crippen molar-refractivity contribution < 1.29 is 4.79 Å². The minimum atomic E-state index is -0.845. The minimum Gasteiger partial charge on any atom is -0.357 e. The number of nitrogens with one attached hydrogen (secondary N) is 3. The zero-order valence-electron chi connectivity index (χ0n) is 21.3. The van der Waals surface area contributed by atoms with Crippen LogP contribution < -0.4 is 25.8 Å². The van der Waals surface area contributed by atoms with Crippen LogP contribution in [0.2, 0.25) is 0 Å². The molecular formula is C25H39N7O. The molecule has 0 bridgehead atoms. The average molecular weight is 454 g/mol. The van der Waals surface area contributed by atoms with Gasteiger partial charge >= 0.3 is 0 Å². The summed E-state index contributed by atoms with van der Waals surface area (Å²) < 4.78 is 0. The van der Waals surface area contributed by atoms with E-state index >= 15 is 0 Å². The van der Waals surface area contributed by atoms with Crippen LogP contribution in [0.15, 0.2) is 12.1 Å². The van der Waals surface area contributed by atoms with Gasteiger partial charge in [0, 0.05) is 25.8 Å². The van der Waals surface area contributed by atoms with Crippen molar-refractivity contribution in [3.63, 3.8) is 0 Å². The Bertz CT molecular complexity index is 979. The second-order valence-electron chi connectivity index (χ2n) is 8.76. The van der Waals surface area contributed by atoms with Crippen molar-refractivity contribution in [3.05, 3.63) is 34.4 Å². The quantitative estimate of drug-likeness (QED) is 0.373. The zero-order valence-corrected chi connectivity index (χ0v) is 21.3. The lowest BCUT2D eigenvalue weighted by molar-refractivity contribution is -0.110. The number of hydrogen-bond acceptors (Lipinski definition) is 8. The van der Waals surface area contributed by atoms with E-state index in [1.165, 1.54) is 5.56 Å². The number of nitrogens with zero attached hydrogens (tertiary/aromatic N) is 4. The summed E-state index contributed by atoms with van der Waals surface area (Å²) in [6.45, 7) is 12.3. The lowest BCUT2D eigenvalue weighted by Crippen LogP contribution is -2.60. The number of anilines is 4. The van der Waals surface area contributed by atoms with Crippen molar-refractivity contribution in [2.24, 2.45) is 0 Å². The van der Waals surface area contributed by atoms with Crippen LogP contribution in [-0.2, 0) is 10.5 Å². The Kier molecular flexibility index (Phi) is 7.59. The number of fused-ring (bicyclic) bond motifs is 1. The highest BCUT2D eigenvalue weighted by molar-refractivity contribution is 5.87. The third-order valence-corrected chi connectivity index (χ3v) is 6.70. The molecule has 0 spiro atoms. The molecule has 8 heteroatoms. The molecule has 1 aliphatic rings. The van der Waals surface area contributed by atoms with Gasteiger partial charge in [0.05, 0.1) is 5.56 Å². The molecule has 180 valence electrons. The standard InChI is InChI=1S/C25H39N7O/c1-9-11-12-31(10-2)22-20-23(30-24(26-6)29-22)32(19(15-33)25(20,27-7)28-8)21-17(4)13-16(3)14-18(21)5/h13-15,19,27-28H,9-12H2,1-8H3,(H,26,29,30). The molecule has 1 aromatic heterocycles. The molecule has 0 saturated heterocycles. The molecule has 1 unspecified atom stereocenters. The Labute approximate surface area is 198 Å². The second-order valence-corrected chi connectivity index (χ2v) is 8.76. The third-order valence-electron chi connectivity index (χ3n) is 6.70. The number of aryl methyl sites for hydroxylation is 3. The Morgan fingerprint density at radius 2 is 1.73 bits per heavy atom. The van der Waals surface area contributed by atoms with Crippen LogP contribution in [0.5, 0.6) is 0 Å². The van der Waals surface area contributed by atoms with Gasteiger partial charge in [0.15, 0.2) is 0 Å². The first-order valence-electron chi connectivity index (χ1n) is 11.9. The van der Waals surface area contributed by atoms with Crippen LogP contribution in [0.25, 0.3) is 0 Å². The molecule has 1 atom stereocenters. The van der Waals surface area contributed by atoms with Gasteiger partial charge in [-0.15, -0.1) is 0 Å². The molecule has 3 N–H and O–H groups in total. The molecule has 33 heavy (non-hydrogen) atoms. The van der Waals surface area contributed by atoms with E-state index in [4.69, 9.17) is 9.97 Å². The van der Waals surface area contributed by atoms with Gasteiger partial charge in [-0.25, -0.2) is 0 Å². The molecule has 0 fully saturated rings. The highest BCUT2D eigenvalue weighted by Crippen LogP contribution is 2.50. The maximum absolute atomic E-state index is 12.8. The summed E-state index contributed by atoms with van der Waals surface area (Å²) in [6, 6.07) is 3.76. The fraction of sp³-hybridized carbons (Fsp3) is 0.560. The molecule has 2 heterocycles. The number of aldehydes is 1. The topological polar surface area (TPSA) is 85.4 Å². The number of aromatic nitrogens is 2. The SMILES string of the molecule is CCCCN(CC)c1nc(NC)nc2c1C(NC)(NC)C(C=O)N2c1c(C)cc(C)cc1C. The first-order valence-corrected chi connectivity index (χ1v) is 11.9. The molecule has 0 amide bonds. The van der Waals surface area contributed by atoms with Crippen molar-refractivity contribution in [1.29, 1.82) is 0 Å². The maximum atomic E-state index is 12.8. The van der Waals surface area contributed by atoms with Gasteiger partial charge in [-0.1, -0.05) is 31.0 Å². The predicted octanol–water partition coefficient (Wildman–Crippen LogP) is 3.38. The summed E-state index contributed by atoms with van der Waals surface area (Å²) in [5, 5.41) is 10.0. The maximum Gasteiger partial charge on any atom is 0.226 e. The number of hydrogen-bond donors (Lipinski definition) is 3. The first kappa shape index (κ1) is 24.9. The van der Waals surface area contributed by atoms with Gasteiger partial charge < -0.3 is 19.9 Å². The van der Waals surface area contributed by atoms with E-state index in [0.29, 0.717) is 5.95 Å². The lowest BCUT2D eigenvalue weighted by Gasteiger charge is -2.37. The summed E-state index contributed by atoms with van der Waals surface area (Å²) in [5.41, 5.74) is 4.48. The molecule has 0 saturated carbocycles. The van der Waals surface area contributed by atoms with Crippen molar-refractivity contribution in [1.82, 2.24) is 20.6 Å². The lowest BCUT2D eigenvalue weighted by atomic mass is 9.95. The Morgan fingerprint density at radius 3 is 2.21 bits per heavy atom. The first-order chi connectivity index (χ1) is 15.8. The Balaban J connectivity index is 2.41. The number of unbranched alkanes of at least 4 members (excludes halogenated alkanes) is 1. The van der Waals surface area contributed by atoms with E-state index in [-0.39, 0.29) is 0 Å². The summed E-state index contributed by atoms with van der Waals surface area (Å²) >= 11 is 0. The number of carbonyl (C=O) groups is 1. The largest absolute Gasteiger partial charge is 0.357 e. The van der Waals surface area contributed by atoms with Crippen molar-refractivity contribution in [2.75, 3.05) is 49.3 Å². The van der Waals surface area contributed by atoms with E-state index in [1.54, 1.807) is 0 Å². The highest BCUT2D eigenvalue weighted by atomic mass is 16.1. The van der Waals surface area contributed by atoms with Crippen LogP contribution in [0, 0.1) is 20.8 Å². The Hall–Kier alpha value is -2.71. The van der Waals surface area contributed by atoms with Crippen LogP contribution in [0.1, 0.15) is 48.9 Å². The molecule has 1 aliphatic heterocycles. The van der Waals surface area contributed by atoms with Crippen LogP contribution in [0.4, 0.5) is 23.3 Å². The van der Waals surface area contributed by atoms with Crippen LogP contribution >= 0.6 is 0 Å². The fourth-order valence-corrected chi connectivity index (χ4v) is 5.17. The van der Waals surface area contributed by atoms with E-state index in [9.17, 15) is 4.79 Å². The normalized spacial score (nSPS) is 16.6. The number of carbonyl (C=O) groups excluding carboxylic acids is 1. The summed E-state index contributed by atoms with van der Waals surface area (Å²) in [7, 11) is 5.59. The smallest absolute Gasteiger partial charge is 0.226 e. The molecule has 2 aromatic rings. The molecular weight excluding hydrogens is 414 g/mol. The molecule has 8 nitrogen and oxygen atoms in total. The van der Waals surface area contributed by atoms with E-state index in [1.807, 2.05) is 21.1 Å². The number of likely N-dealkylation sites (N-methyl/N-ethyl adjacent to an activating group) is 2. The van der Waals surface area contributed by atoms with Gasteiger partial charge in [0.2, 0.25) is 5.95 Å². The van der Waals surface area contributed by atoms with Gasteiger partial charge in [-0.2, -0.15) is 9.97 Å². The van der Waals surface area contributed by atoms with Gasteiger partial charge in [-0.3, -0.25) is 10.6 Å².